The lowest BCUT2D eigenvalue weighted by Crippen LogP contribution is -2.69. The molecule has 0 radical (unpaired) electrons. The molecule has 0 saturated carbocycles. The summed E-state index contributed by atoms with van der Waals surface area (Å²) in [5, 5.41) is 7.22. The van der Waals surface area contributed by atoms with Crippen LogP contribution in [-0.4, -0.2) is 23.0 Å². The van der Waals surface area contributed by atoms with Crippen molar-refractivity contribution in [1.29, 1.82) is 0 Å². The van der Waals surface area contributed by atoms with Crippen molar-refractivity contribution in [2.75, 3.05) is 6.26 Å². The lowest BCUT2D eigenvalue weighted by Gasteiger charge is -2.05. The van der Waals surface area contributed by atoms with E-state index in [4.69, 9.17) is 46.3 Å². The average Bonchev–Trinajstić information content (AvgIpc) is 2.34. The van der Waals surface area contributed by atoms with Crippen LogP contribution in [0.4, 0.5) is 0 Å². The van der Waals surface area contributed by atoms with Crippen LogP contribution in [0.25, 0.3) is 0 Å². The number of amides is 1. The third kappa shape index (κ3) is 4.28. The number of rotatable bonds is 3. The molecule has 0 aromatic heterocycles. The van der Waals surface area contributed by atoms with E-state index < -0.39 is 5.91 Å². The number of nitrogens with zero attached hydrogens (tertiary/aromatic N) is 1. The number of hydrazone groups is 1. The second-order valence-electron chi connectivity index (χ2n) is 3.25. The summed E-state index contributed by atoms with van der Waals surface area (Å²) in [6.45, 7) is 0. The van der Waals surface area contributed by atoms with E-state index in [1.54, 1.807) is 6.26 Å². The Morgan fingerprint density at radius 1 is 1.32 bits per heavy atom. The molecule has 1 aromatic carbocycles. The molecule has 1 rings (SSSR count). The molecule has 0 bridgehead atoms. The van der Waals surface area contributed by atoms with Gasteiger partial charge in [0.2, 0.25) is 0 Å². The van der Waals surface area contributed by atoms with Gasteiger partial charge < -0.3 is 5.73 Å². The van der Waals surface area contributed by atoms with Crippen molar-refractivity contribution in [3.8, 4) is 0 Å². The summed E-state index contributed by atoms with van der Waals surface area (Å²) >= 11 is 19.0. The van der Waals surface area contributed by atoms with Crippen molar-refractivity contribution in [1.82, 2.24) is 0 Å². The van der Waals surface area contributed by atoms with E-state index in [0.29, 0.717) is 10.2 Å². The van der Waals surface area contributed by atoms with Crippen molar-refractivity contribution in [3.63, 3.8) is 0 Å². The van der Waals surface area contributed by atoms with Gasteiger partial charge in [-0.1, -0.05) is 39.9 Å². The van der Waals surface area contributed by atoms with Crippen molar-refractivity contribution < 1.29 is 9.90 Å². The number of thioether (sulfide) groups is 1. The Morgan fingerprint density at radius 3 is 2.47 bits per heavy atom. The Hall–Kier alpha value is -0.950. The highest BCUT2D eigenvalue weighted by Gasteiger charge is 2.18. The van der Waals surface area contributed by atoms with Crippen LogP contribution in [0.15, 0.2) is 17.2 Å². The summed E-state index contributed by atoms with van der Waals surface area (Å²) in [7, 11) is 0. The number of hydrogen-bond donors (Lipinski definition) is 3. The number of benzene rings is 1. The first kappa shape index (κ1) is 16.1. The Labute approximate surface area is 129 Å². The fourth-order valence-electron chi connectivity index (χ4n) is 1.13. The lowest BCUT2D eigenvalue weighted by atomic mass is 10.1. The predicted molar refractivity (Wildman–Crippen MR) is 80.9 cm³/mol. The quantitative estimate of drug-likeness (QED) is 0.325. The molecule has 1 aromatic rings. The molecular weight excluding hydrogens is 331 g/mol. The fourth-order valence-corrected chi connectivity index (χ4v) is 1.96. The van der Waals surface area contributed by atoms with Gasteiger partial charge in [-0.15, -0.1) is 5.10 Å². The number of hydrogen-bond acceptors (Lipinski definition) is 3. The average molecular weight is 341 g/mol. The van der Waals surface area contributed by atoms with Crippen LogP contribution in [0.2, 0.25) is 15.1 Å². The van der Waals surface area contributed by atoms with Gasteiger partial charge in [0.25, 0.3) is 5.91 Å². The van der Waals surface area contributed by atoms with Crippen LogP contribution in [0.1, 0.15) is 5.56 Å². The van der Waals surface area contributed by atoms with Crippen molar-refractivity contribution in [2.45, 2.75) is 0 Å². The summed E-state index contributed by atoms with van der Waals surface area (Å²) in [5.74, 6) is -0.790. The second kappa shape index (κ2) is 7.00. The smallest absolute Gasteiger partial charge is 0.326 e. The van der Waals surface area contributed by atoms with Gasteiger partial charge in [-0.3, -0.25) is 10.5 Å². The zero-order valence-corrected chi connectivity index (χ0v) is 12.8. The molecule has 0 unspecified atom stereocenters. The predicted octanol–water partition coefficient (Wildman–Crippen LogP) is 0.595. The first-order valence-electron chi connectivity index (χ1n) is 4.81. The number of halogens is 3. The van der Waals surface area contributed by atoms with Gasteiger partial charge in [-0.05, 0) is 30.2 Å². The van der Waals surface area contributed by atoms with E-state index in [-0.39, 0.29) is 21.3 Å². The van der Waals surface area contributed by atoms with Crippen LogP contribution in [0.5, 0.6) is 0 Å². The van der Waals surface area contributed by atoms with Crippen LogP contribution >= 0.6 is 46.6 Å². The molecule has 0 saturated heterocycles. The fraction of sp³-hybridized carbons (Fsp3) is 0.100. The van der Waals surface area contributed by atoms with Crippen molar-refractivity contribution >= 4 is 63.4 Å². The molecule has 5 N–H and O–H groups in total. The van der Waals surface area contributed by atoms with E-state index >= 15 is 0 Å². The zero-order chi connectivity index (χ0) is 14.6. The SMILES string of the molecule is CSC(N)=[NH+]N=C(C(N)=O)c1cc(Cl)cc(Cl)c1Cl. The molecule has 0 spiro atoms. The highest BCUT2D eigenvalue weighted by molar-refractivity contribution is 8.12. The maximum atomic E-state index is 11.4. The third-order valence-corrected chi connectivity index (χ3v) is 3.53. The van der Waals surface area contributed by atoms with E-state index in [1.165, 1.54) is 23.9 Å². The maximum absolute atomic E-state index is 11.4. The summed E-state index contributed by atoms with van der Waals surface area (Å²) in [5.41, 5.74) is 10.9. The Kier molecular flexibility index (Phi) is 5.93. The van der Waals surface area contributed by atoms with Crippen molar-refractivity contribution in [2.24, 2.45) is 16.6 Å². The van der Waals surface area contributed by atoms with E-state index in [2.05, 4.69) is 10.2 Å². The molecule has 0 aliphatic heterocycles. The summed E-state index contributed by atoms with van der Waals surface area (Å²) in [6.07, 6.45) is 1.74. The first-order chi connectivity index (χ1) is 8.86. The Morgan fingerprint density at radius 2 is 1.95 bits per heavy atom. The monoisotopic (exact) mass is 339 g/mol. The van der Waals surface area contributed by atoms with Gasteiger partial charge in [0.15, 0.2) is 5.71 Å². The zero-order valence-electron chi connectivity index (χ0n) is 9.71. The molecule has 0 aliphatic carbocycles. The van der Waals surface area contributed by atoms with Gasteiger partial charge in [0, 0.05) is 10.6 Å². The molecule has 0 heterocycles. The number of carbonyl (C=O) groups excluding carboxylic acids is 1. The number of nitrogens with one attached hydrogen (secondary N) is 1. The minimum Gasteiger partial charge on any atom is -0.364 e. The van der Waals surface area contributed by atoms with Crippen LogP contribution in [0, 0.1) is 0 Å². The second-order valence-corrected chi connectivity index (χ2v) is 5.32. The first-order valence-corrected chi connectivity index (χ1v) is 7.17. The number of carbonyl (C=O) groups is 1. The van der Waals surface area contributed by atoms with Crippen LogP contribution in [-0.2, 0) is 4.79 Å². The van der Waals surface area contributed by atoms with Gasteiger partial charge in [-0.25, -0.2) is 0 Å². The molecule has 102 valence electrons. The topological polar surface area (TPSA) is 95.4 Å². The standard InChI is InChI=1S/C10H9Cl3N4OS/c1-19-10(15)17-16-8(9(14)18)5-2-4(11)3-6(12)7(5)13/h2-3H,1H3,(H2,14,18)(H2,15,17)/p+1. The van der Waals surface area contributed by atoms with Gasteiger partial charge in [0.05, 0.1) is 10.0 Å². The molecule has 0 fully saturated rings. The van der Waals surface area contributed by atoms with E-state index in [1.807, 2.05) is 0 Å². The normalized spacial score (nSPS) is 12.6. The Balaban J connectivity index is 3.40. The van der Waals surface area contributed by atoms with Gasteiger partial charge in [-0.2, -0.15) is 0 Å². The lowest BCUT2D eigenvalue weighted by molar-refractivity contribution is -0.459. The maximum Gasteiger partial charge on any atom is 0.326 e. The summed E-state index contributed by atoms with van der Waals surface area (Å²) in [4.78, 5) is 11.4. The van der Waals surface area contributed by atoms with Gasteiger partial charge in [0.1, 0.15) is 0 Å². The van der Waals surface area contributed by atoms with Crippen molar-refractivity contribution in [3.05, 3.63) is 32.8 Å². The minimum atomic E-state index is -0.790. The van der Waals surface area contributed by atoms with E-state index in [9.17, 15) is 4.79 Å². The number of primary amides is 1. The number of nitrogens with two attached hydrogens (primary N) is 2. The minimum absolute atomic E-state index is 0.119. The molecule has 0 atom stereocenters. The van der Waals surface area contributed by atoms with Gasteiger partial charge >= 0.3 is 5.17 Å². The summed E-state index contributed by atoms with van der Waals surface area (Å²) in [6, 6.07) is 2.89. The van der Waals surface area contributed by atoms with E-state index in [0.717, 1.165) is 0 Å². The number of amidine groups is 1. The molecule has 1 amide bonds. The Bertz CT molecular complexity index is 574. The highest BCUT2D eigenvalue weighted by Crippen LogP contribution is 2.30. The largest absolute Gasteiger partial charge is 0.364 e. The van der Waals surface area contributed by atoms with Crippen LogP contribution < -0.4 is 16.6 Å². The molecule has 9 heteroatoms. The summed E-state index contributed by atoms with van der Waals surface area (Å²) < 4.78 is 0. The highest BCUT2D eigenvalue weighted by atomic mass is 35.5. The molecule has 19 heavy (non-hydrogen) atoms. The molecular formula is C10H10Cl3N4OS+. The molecule has 5 nitrogen and oxygen atoms in total. The molecule has 0 aliphatic rings. The third-order valence-electron chi connectivity index (χ3n) is 1.98. The van der Waals surface area contributed by atoms with Crippen LogP contribution in [0.3, 0.4) is 0 Å².